The third-order valence-corrected chi connectivity index (χ3v) is 12.6. The Morgan fingerprint density at radius 1 is 0.685 bits per heavy atom. The molecule has 10 rings (SSSR count). The number of aliphatic hydroxyl groups excluding tert-OH is 2. The molecule has 28 heteroatoms. The Balaban J connectivity index is 0.000000172. The number of carbonyl (C=O) groups excluding carboxylic acids is 3. The van der Waals surface area contributed by atoms with Gasteiger partial charge < -0.3 is 30.9 Å². The number of halogens is 6. The summed E-state index contributed by atoms with van der Waals surface area (Å²) in [5.74, 6) is -2.94. The number of carboxylic acid groups (broad SMARTS) is 1. The first-order valence-electron chi connectivity index (χ1n) is 22.9. The van der Waals surface area contributed by atoms with Gasteiger partial charge in [-0.1, -0.05) is 0 Å². The number of aryl methyl sites for hydroxylation is 2. The maximum absolute atomic E-state index is 13.5. The van der Waals surface area contributed by atoms with Crippen molar-refractivity contribution < 1.29 is 60.8 Å². The van der Waals surface area contributed by atoms with Crippen LogP contribution in [0, 0.1) is 19.8 Å². The number of aromatic nitrogens is 8. The maximum atomic E-state index is 13.5. The second kappa shape index (κ2) is 20.8. The number of anilines is 6. The summed E-state index contributed by atoms with van der Waals surface area (Å²) in [5, 5.41) is 47.2. The molecule has 4 aliphatic heterocycles. The maximum Gasteiger partial charge on any atom is 0.405 e. The summed E-state index contributed by atoms with van der Waals surface area (Å²) in [4.78, 5) is 75.4. The van der Waals surface area contributed by atoms with Gasteiger partial charge in [0.25, 0.3) is 0 Å². The number of hydrogen-bond donors (Lipinski definition) is 8. The summed E-state index contributed by atoms with van der Waals surface area (Å²) in [6, 6.07) is 10.1. The van der Waals surface area contributed by atoms with Crippen molar-refractivity contribution in [1.29, 1.82) is 0 Å². The Bertz CT molecular complexity index is 3040. The van der Waals surface area contributed by atoms with Crippen LogP contribution in [0.15, 0.2) is 48.5 Å². The number of Topliss-reactive ketones (excluding diaryl/α,β-unsaturated/α-hetero) is 1. The lowest BCUT2D eigenvalue weighted by Crippen LogP contribution is -2.56. The molecule has 0 saturated carbocycles. The van der Waals surface area contributed by atoms with Crippen LogP contribution >= 0.6 is 0 Å². The van der Waals surface area contributed by atoms with E-state index < -0.39 is 61.7 Å². The van der Waals surface area contributed by atoms with Crippen molar-refractivity contribution in [2.45, 2.75) is 76.4 Å². The predicted molar refractivity (Wildman–Crippen MR) is 253 cm³/mol. The number of pyridine rings is 4. The van der Waals surface area contributed by atoms with E-state index in [2.05, 4.69) is 66.5 Å². The fourth-order valence-electron chi connectivity index (χ4n) is 8.88. The van der Waals surface area contributed by atoms with Gasteiger partial charge in [0.15, 0.2) is 46.0 Å². The summed E-state index contributed by atoms with van der Waals surface area (Å²) in [6.45, 7) is 4.32. The fraction of sp³-hybridized carbons (Fsp3) is 0.422. The fourth-order valence-corrected chi connectivity index (χ4v) is 8.88. The number of urea groups is 2. The van der Waals surface area contributed by atoms with Crippen molar-refractivity contribution in [3.8, 4) is 0 Å². The quantitative estimate of drug-likeness (QED) is 0.0672. The third-order valence-electron chi connectivity index (χ3n) is 12.6. The number of ketones is 1. The molecule has 4 aliphatic rings. The van der Waals surface area contributed by atoms with Crippen molar-refractivity contribution in [1.82, 2.24) is 40.3 Å². The molecule has 6 aromatic rings. The first kappa shape index (κ1) is 51.6. The first-order valence-corrected chi connectivity index (χ1v) is 22.9. The Labute approximate surface area is 410 Å². The highest BCUT2D eigenvalue weighted by molar-refractivity contribution is 6.09. The number of nitrogens with zero attached hydrogens (tertiary/aromatic N) is 10. The number of carboxylic acids is 1. The van der Waals surface area contributed by atoms with Gasteiger partial charge in [-0.05, 0) is 88.1 Å². The monoisotopic (exact) mass is 1030 g/mol. The van der Waals surface area contributed by atoms with E-state index in [-0.39, 0.29) is 41.1 Å². The van der Waals surface area contributed by atoms with Gasteiger partial charge in [-0.15, -0.1) is 0 Å². The van der Waals surface area contributed by atoms with E-state index in [0.717, 1.165) is 49.4 Å². The Morgan fingerprint density at radius 3 is 1.56 bits per heavy atom. The number of alkyl halides is 6. The summed E-state index contributed by atoms with van der Waals surface area (Å²) >= 11 is 0. The highest BCUT2D eigenvalue weighted by Crippen LogP contribution is 2.41. The van der Waals surface area contributed by atoms with Gasteiger partial charge in [-0.25, -0.2) is 34.3 Å². The number of nitrogens with two attached hydrogens (primary N) is 1. The number of fused-ring (bicyclic) bond motifs is 10. The van der Waals surface area contributed by atoms with Crippen LogP contribution in [0.25, 0.3) is 22.1 Å². The molecule has 2 unspecified atom stereocenters. The smallest absolute Gasteiger partial charge is 0.405 e. The summed E-state index contributed by atoms with van der Waals surface area (Å²) in [6.07, 6.45) is -6.80. The number of rotatable bonds is 8. The van der Waals surface area contributed by atoms with E-state index in [4.69, 9.17) is 10.2 Å². The lowest BCUT2D eigenvalue weighted by atomic mass is 9.98. The minimum atomic E-state index is -4.72. The second-order valence-electron chi connectivity index (χ2n) is 17.7. The van der Waals surface area contributed by atoms with E-state index in [9.17, 15) is 50.6 Å². The summed E-state index contributed by atoms with van der Waals surface area (Å²) < 4.78 is 72.8. The Hall–Kier alpha value is -7.72. The number of aromatic carboxylic acids is 1. The molecule has 2 fully saturated rings. The molecule has 0 spiro atoms. The number of aromatic amines is 2. The zero-order valence-corrected chi connectivity index (χ0v) is 39.0. The lowest BCUT2D eigenvalue weighted by Gasteiger charge is -2.45. The molecule has 2 saturated heterocycles. The van der Waals surface area contributed by atoms with Crippen molar-refractivity contribution in [3.05, 3.63) is 71.3 Å². The number of nitrogens with one attached hydrogen (secondary N) is 4. The van der Waals surface area contributed by atoms with Crippen LogP contribution in [0.2, 0.25) is 0 Å². The molecule has 4 bridgehead atoms. The van der Waals surface area contributed by atoms with Crippen LogP contribution < -0.4 is 36.0 Å². The average Bonchev–Trinajstić information content (AvgIpc) is 3.94. The number of carbonyl (C=O) groups is 4. The highest BCUT2D eigenvalue weighted by atomic mass is 19.4. The van der Waals surface area contributed by atoms with Crippen molar-refractivity contribution in [2.24, 2.45) is 11.7 Å². The number of hydrogen-bond acceptors (Lipinski definition) is 15. The normalized spacial score (nSPS) is 17.8. The van der Waals surface area contributed by atoms with Gasteiger partial charge in [-0.2, -0.15) is 36.5 Å². The molecule has 73 heavy (non-hydrogen) atoms. The molecule has 4 amide bonds. The number of amides is 4. The molecule has 10 heterocycles. The molecule has 388 valence electrons. The third kappa shape index (κ3) is 11.0. The van der Waals surface area contributed by atoms with Crippen LogP contribution in [0.1, 0.15) is 64.5 Å². The van der Waals surface area contributed by atoms with Crippen molar-refractivity contribution in [3.63, 3.8) is 0 Å². The molecular weight excluding hydrogens is 977 g/mol. The van der Waals surface area contributed by atoms with E-state index in [1.54, 1.807) is 29.2 Å². The molecule has 0 aliphatic carbocycles. The first-order chi connectivity index (χ1) is 34.6. The SMILES string of the molecule is Cc1ccc2c(NC(=O)N3c4nc(C(=O)CC(CO)C(F)(F)F)ccc4N4CCC[C@H]3C4)n[nH]c2n1.Cc1ccc2c(NC(=O)N3c4nc(C(=O)O)ccc4N4CCC[C@H]3C4)n[nH]c2n1.NC(CO)C(F)(F)F. The van der Waals surface area contributed by atoms with Gasteiger partial charge in [0.2, 0.25) is 0 Å². The molecule has 9 N–H and O–H groups in total. The molecule has 6 aromatic heterocycles. The zero-order valence-electron chi connectivity index (χ0n) is 39.0. The van der Waals surface area contributed by atoms with Gasteiger partial charge >= 0.3 is 30.4 Å². The van der Waals surface area contributed by atoms with Crippen LogP contribution in [-0.4, -0.2) is 149 Å². The minimum absolute atomic E-state index is 0.0848. The van der Waals surface area contributed by atoms with E-state index in [0.29, 0.717) is 58.9 Å². The van der Waals surface area contributed by atoms with Crippen LogP contribution in [0.5, 0.6) is 0 Å². The zero-order chi connectivity index (χ0) is 52.5. The van der Waals surface area contributed by atoms with Gasteiger partial charge in [-0.3, -0.25) is 35.4 Å². The van der Waals surface area contributed by atoms with Gasteiger partial charge in [0, 0.05) is 44.0 Å². The standard InChI is InChI=1S/C23H24F3N7O3.C19H19N7O3.C3H6F3NO/c1-12-4-5-15-19(27-12)30-31-20(15)29-22(36)33-14-3-2-8-32(10-14)17-7-6-16(28-21(17)33)18(35)9-13(11-34)23(24,25)26;1-10-4-5-12-15(20-10)23-24-16(12)22-19(29)26-11-3-2-8-25(9-11)14-7-6-13(18(27)28)21-17(14)26;4-3(5,6)2(7)1-8/h4-7,13-14,34H,2-3,8-11H2,1H3,(H2,27,29,30,31,36);4-7,11H,2-3,8-9H2,1H3,(H,27,28)(H2,20,22,23,24,29);2,8H,1,7H2/t13?,14-;11-;/m00./s1. The number of piperidine rings is 2. The van der Waals surface area contributed by atoms with Gasteiger partial charge in [0.1, 0.15) is 11.7 Å². The Kier molecular flexibility index (Phi) is 14.7. The van der Waals surface area contributed by atoms with Crippen molar-refractivity contribution in [2.75, 3.05) is 69.6 Å². The van der Waals surface area contributed by atoms with Crippen molar-refractivity contribution >= 4 is 80.5 Å². The van der Waals surface area contributed by atoms with Crippen LogP contribution in [-0.2, 0) is 0 Å². The van der Waals surface area contributed by atoms with Crippen LogP contribution in [0.4, 0.5) is 70.6 Å². The molecule has 4 atom stereocenters. The minimum Gasteiger partial charge on any atom is -0.477 e. The molecule has 0 radical (unpaired) electrons. The predicted octanol–water partition coefficient (Wildman–Crippen LogP) is 5.67. The molecule has 0 aromatic carbocycles. The van der Waals surface area contributed by atoms with E-state index in [1.807, 2.05) is 26.0 Å². The number of H-pyrrole nitrogens is 2. The van der Waals surface area contributed by atoms with Crippen LogP contribution in [0.3, 0.4) is 0 Å². The van der Waals surface area contributed by atoms with E-state index >= 15 is 0 Å². The average molecular weight is 1030 g/mol. The van der Waals surface area contributed by atoms with E-state index in [1.165, 1.54) is 17.0 Å². The largest absolute Gasteiger partial charge is 0.477 e. The summed E-state index contributed by atoms with van der Waals surface area (Å²) in [7, 11) is 0. The summed E-state index contributed by atoms with van der Waals surface area (Å²) in [5.41, 5.74) is 8.22. The molecule has 22 nitrogen and oxygen atoms in total. The lowest BCUT2D eigenvalue weighted by molar-refractivity contribution is -0.182. The molecular formula is C45H49F6N15O7. The number of aliphatic hydroxyl groups is 2. The Morgan fingerprint density at radius 2 is 1.15 bits per heavy atom. The highest BCUT2D eigenvalue weighted by Gasteiger charge is 2.43. The topological polar surface area (TPSA) is 301 Å². The second-order valence-corrected chi connectivity index (χ2v) is 17.7. The van der Waals surface area contributed by atoms with Gasteiger partial charge in [0.05, 0.1) is 53.4 Å².